The van der Waals surface area contributed by atoms with Crippen LogP contribution in [0.2, 0.25) is 0 Å². The lowest BCUT2D eigenvalue weighted by molar-refractivity contribution is 0.151. The van der Waals surface area contributed by atoms with Crippen LogP contribution < -0.4 is 10.2 Å². The van der Waals surface area contributed by atoms with Gasteiger partial charge in [0.2, 0.25) is 5.95 Å². The van der Waals surface area contributed by atoms with Gasteiger partial charge in [-0.25, -0.2) is 19.3 Å². The Labute approximate surface area is 182 Å². The molecule has 3 aromatic heterocycles. The predicted octanol–water partition coefficient (Wildman–Crippen LogP) is 4.37. The number of thiazole rings is 1. The number of anilines is 2. The lowest BCUT2D eigenvalue weighted by Gasteiger charge is -2.11. The lowest BCUT2D eigenvalue weighted by atomic mass is 10.1. The summed E-state index contributed by atoms with van der Waals surface area (Å²) in [5.41, 5.74) is 3.01. The summed E-state index contributed by atoms with van der Waals surface area (Å²) in [4.78, 5) is 14.9. The number of nitrogens with one attached hydrogen (secondary N) is 1. The number of pyridine rings is 2. The minimum Gasteiger partial charge on any atom is -0.389 e. The fourth-order valence-electron chi connectivity index (χ4n) is 3.00. The molecule has 0 aliphatic heterocycles. The number of aliphatic hydroxyl groups is 1. The normalized spacial score (nSPS) is 12.2. The van der Waals surface area contributed by atoms with E-state index in [9.17, 15) is 13.9 Å². The third-order valence-corrected chi connectivity index (χ3v) is 5.74. The van der Waals surface area contributed by atoms with Gasteiger partial charge in [0.15, 0.2) is 0 Å². The van der Waals surface area contributed by atoms with Crippen molar-refractivity contribution >= 4 is 33.1 Å². The molecular formula is C22H21F2N5OS. The van der Waals surface area contributed by atoms with Gasteiger partial charge >= 0.3 is 0 Å². The van der Waals surface area contributed by atoms with E-state index in [1.165, 1.54) is 11.3 Å². The van der Waals surface area contributed by atoms with Gasteiger partial charge in [-0.05, 0) is 42.5 Å². The van der Waals surface area contributed by atoms with Gasteiger partial charge in [-0.15, -0.1) is 11.3 Å². The van der Waals surface area contributed by atoms with E-state index in [1.54, 1.807) is 30.5 Å². The molecule has 1 atom stereocenters. The molecule has 0 saturated carbocycles. The minimum atomic E-state index is -1.05. The lowest BCUT2D eigenvalue weighted by Crippen LogP contribution is -2.21. The topological polar surface area (TPSA) is 74.2 Å². The molecular weight excluding hydrogens is 420 g/mol. The highest BCUT2D eigenvalue weighted by Crippen LogP contribution is 2.33. The highest BCUT2D eigenvalue weighted by Gasteiger charge is 2.14. The zero-order valence-electron chi connectivity index (χ0n) is 17.0. The number of fused-ring (bicyclic) bond motifs is 1. The van der Waals surface area contributed by atoms with E-state index in [0.29, 0.717) is 16.3 Å². The van der Waals surface area contributed by atoms with Gasteiger partial charge in [0.25, 0.3) is 0 Å². The highest BCUT2D eigenvalue weighted by molar-refractivity contribution is 7.21. The maximum atomic E-state index is 14.8. The molecule has 0 radical (unpaired) electrons. The number of hydrogen-bond acceptors (Lipinski definition) is 7. The van der Waals surface area contributed by atoms with Crippen LogP contribution >= 0.6 is 11.3 Å². The van der Waals surface area contributed by atoms with E-state index in [-0.39, 0.29) is 6.54 Å². The van der Waals surface area contributed by atoms with Crippen LogP contribution in [0.5, 0.6) is 0 Å². The predicted molar refractivity (Wildman–Crippen MR) is 121 cm³/mol. The fraction of sp³-hybridized carbons (Fsp3) is 0.227. The molecule has 0 aliphatic carbocycles. The molecule has 31 heavy (non-hydrogen) atoms. The van der Waals surface area contributed by atoms with Crippen LogP contribution in [0, 0.1) is 5.95 Å². The molecule has 1 aromatic carbocycles. The Bertz CT molecular complexity index is 1200. The molecule has 3 heterocycles. The molecule has 0 spiro atoms. The first kappa shape index (κ1) is 21.1. The van der Waals surface area contributed by atoms with E-state index < -0.39 is 18.7 Å². The third kappa shape index (κ3) is 4.62. The molecule has 4 rings (SSSR count). The first-order chi connectivity index (χ1) is 14.9. The number of hydrogen-bond donors (Lipinski definition) is 2. The molecule has 6 nitrogen and oxygen atoms in total. The molecule has 2 N–H and O–H groups in total. The number of alkyl halides is 1. The van der Waals surface area contributed by atoms with Crippen molar-refractivity contribution in [3.05, 3.63) is 54.6 Å². The van der Waals surface area contributed by atoms with Crippen molar-refractivity contribution in [3.63, 3.8) is 0 Å². The van der Waals surface area contributed by atoms with Gasteiger partial charge in [0.1, 0.15) is 17.5 Å². The molecule has 0 bridgehead atoms. The van der Waals surface area contributed by atoms with E-state index in [2.05, 4.69) is 20.3 Å². The molecule has 4 aromatic rings. The van der Waals surface area contributed by atoms with E-state index in [1.807, 2.05) is 37.2 Å². The smallest absolute Gasteiger partial charge is 0.223 e. The van der Waals surface area contributed by atoms with Crippen LogP contribution in [-0.4, -0.2) is 53.5 Å². The second-order valence-corrected chi connectivity index (χ2v) is 8.26. The molecule has 160 valence electrons. The van der Waals surface area contributed by atoms with Gasteiger partial charge in [0.05, 0.1) is 27.6 Å². The summed E-state index contributed by atoms with van der Waals surface area (Å²) in [6.07, 6.45) is 0.615. The maximum Gasteiger partial charge on any atom is 0.223 e. The van der Waals surface area contributed by atoms with Crippen molar-refractivity contribution in [2.75, 3.05) is 37.5 Å². The third-order valence-electron chi connectivity index (χ3n) is 4.69. The Hall–Kier alpha value is -3.17. The quantitative estimate of drug-likeness (QED) is 0.415. The van der Waals surface area contributed by atoms with Gasteiger partial charge in [-0.3, -0.25) is 0 Å². The molecule has 0 amide bonds. The van der Waals surface area contributed by atoms with Crippen molar-refractivity contribution in [2.45, 2.75) is 6.10 Å². The van der Waals surface area contributed by atoms with E-state index in [4.69, 9.17) is 0 Å². The first-order valence-corrected chi connectivity index (χ1v) is 10.5. The SMILES string of the molecule is CN(C)c1ccc(-c2ccc(-c3nc4ccc(NC[C@H](O)CF)cc4s3)c(F)n2)cn1. The number of rotatable bonds is 7. The standard InChI is InChI=1S/C22H21F2N5OS/c1-29(2)20-8-3-13(11-26-20)17-7-5-16(21(24)27-17)22-28-18-6-4-14(9-19(18)31-22)25-12-15(30)10-23/h3-9,11,15,25,30H,10,12H2,1-2H3/t15-/m1/s1. The summed E-state index contributed by atoms with van der Waals surface area (Å²) >= 11 is 1.34. The Balaban J connectivity index is 1.58. The highest BCUT2D eigenvalue weighted by atomic mass is 32.1. The summed E-state index contributed by atoms with van der Waals surface area (Å²) in [5, 5.41) is 12.9. The van der Waals surface area contributed by atoms with Crippen molar-refractivity contribution in [1.29, 1.82) is 0 Å². The van der Waals surface area contributed by atoms with Crippen molar-refractivity contribution < 1.29 is 13.9 Å². The summed E-state index contributed by atoms with van der Waals surface area (Å²) in [6.45, 7) is -0.698. The summed E-state index contributed by atoms with van der Waals surface area (Å²) in [5.74, 6) is 0.209. The molecule has 0 unspecified atom stereocenters. The van der Waals surface area contributed by atoms with Gasteiger partial charge in [-0.1, -0.05) is 0 Å². The van der Waals surface area contributed by atoms with Crippen LogP contribution in [-0.2, 0) is 0 Å². The zero-order chi connectivity index (χ0) is 22.0. The largest absolute Gasteiger partial charge is 0.389 e. The first-order valence-electron chi connectivity index (χ1n) is 9.64. The van der Waals surface area contributed by atoms with Gasteiger partial charge < -0.3 is 15.3 Å². The number of benzene rings is 1. The van der Waals surface area contributed by atoms with Crippen LogP contribution in [0.4, 0.5) is 20.3 Å². The Kier molecular flexibility index (Phi) is 6.06. The van der Waals surface area contributed by atoms with Crippen LogP contribution in [0.15, 0.2) is 48.7 Å². The Morgan fingerprint density at radius 2 is 1.97 bits per heavy atom. The van der Waals surface area contributed by atoms with Crippen molar-refractivity contribution in [3.8, 4) is 21.8 Å². The number of aromatic nitrogens is 3. The van der Waals surface area contributed by atoms with Crippen molar-refractivity contribution in [1.82, 2.24) is 15.0 Å². The van der Waals surface area contributed by atoms with E-state index in [0.717, 1.165) is 27.3 Å². The van der Waals surface area contributed by atoms with Gasteiger partial charge in [-0.2, -0.15) is 4.39 Å². The van der Waals surface area contributed by atoms with Crippen LogP contribution in [0.25, 0.3) is 32.0 Å². The molecule has 9 heteroatoms. The van der Waals surface area contributed by atoms with E-state index >= 15 is 0 Å². The van der Waals surface area contributed by atoms with Crippen molar-refractivity contribution in [2.24, 2.45) is 0 Å². The minimum absolute atomic E-state index is 0.109. The van der Waals surface area contributed by atoms with Crippen LogP contribution in [0.3, 0.4) is 0 Å². The number of nitrogens with zero attached hydrogens (tertiary/aromatic N) is 4. The zero-order valence-corrected chi connectivity index (χ0v) is 17.8. The Morgan fingerprint density at radius 1 is 1.13 bits per heavy atom. The number of halogens is 2. The van der Waals surface area contributed by atoms with Gasteiger partial charge in [0, 0.05) is 38.1 Å². The molecule has 0 fully saturated rings. The average molecular weight is 442 g/mol. The summed E-state index contributed by atoms with van der Waals surface area (Å²) in [7, 11) is 3.80. The average Bonchev–Trinajstić information content (AvgIpc) is 3.20. The van der Waals surface area contributed by atoms with Crippen LogP contribution in [0.1, 0.15) is 0 Å². The second-order valence-electron chi connectivity index (χ2n) is 7.22. The molecule has 0 saturated heterocycles. The Morgan fingerprint density at radius 3 is 2.65 bits per heavy atom. The summed E-state index contributed by atoms with van der Waals surface area (Å²) < 4.78 is 28.1. The second kappa shape index (κ2) is 8.91. The maximum absolute atomic E-state index is 14.8. The number of aliphatic hydroxyl groups excluding tert-OH is 1. The molecule has 0 aliphatic rings. The fourth-order valence-corrected chi connectivity index (χ4v) is 4.02. The monoisotopic (exact) mass is 441 g/mol. The summed E-state index contributed by atoms with van der Waals surface area (Å²) in [6, 6.07) is 12.6.